The molecule has 0 atom stereocenters. The minimum atomic E-state index is -4.56. The highest BCUT2D eigenvalue weighted by atomic mass is 19.4. The summed E-state index contributed by atoms with van der Waals surface area (Å²) in [5.41, 5.74) is 1.10. The maximum atomic E-state index is 12.9. The lowest BCUT2D eigenvalue weighted by atomic mass is 10.1. The van der Waals surface area contributed by atoms with Gasteiger partial charge in [0, 0.05) is 11.3 Å². The molecule has 0 spiro atoms. The molecule has 6 nitrogen and oxygen atoms in total. The lowest BCUT2D eigenvalue weighted by molar-refractivity contribution is -0.137. The zero-order valence-corrected chi connectivity index (χ0v) is 14.2. The number of benzene rings is 2. The summed E-state index contributed by atoms with van der Waals surface area (Å²) in [4.78, 5) is 23.5. The van der Waals surface area contributed by atoms with E-state index in [1.807, 2.05) is 12.3 Å². The van der Waals surface area contributed by atoms with Gasteiger partial charge in [0.1, 0.15) is 5.75 Å². The van der Waals surface area contributed by atoms with Gasteiger partial charge < -0.3 is 10.1 Å². The maximum Gasteiger partial charge on any atom is 0.417 e. The molecule has 2 amide bonds. The third-order valence-corrected chi connectivity index (χ3v) is 3.27. The van der Waals surface area contributed by atoms with Gasteiger partial charge in [-0.2, -0.15) is 18.3 Å². The third-order valence-electron chi connectivity index (χ3n) is 3.27. The van der Waals surface area contributed by atoms with Crippen molar-refractivity contribution in [2.45, 2.75) is 13.1 Å². The van der Waals surface area contributed by atoms with Gasteiger partial charge in [0.2, 0.25) is 0 Å². The topological polar surface area (TPSA) is 79.8 Å². The summed E-state index contributed by atoms with van der Waals surface area (Å²) in [6.07, 6.45) is -3.73. The zero-order valence-electron chi connectivity index (χ0n) is 14.2. The van der Waals surface area contributed by atoms with Gasteiger partial charge in [-0.3, -0.25) is 9.59 Å². The number of rotatable bonds is 5. The third kappa shape index (κ3) is 5.84. The second-order valence-corrected chi connectivity index (χ2v) is 5.20. The quantitative estimate of drug-likeness (QED) is 0.476. The van der Waals surface area contributed by atoms with Crippen LogP contribution in [0, 0.1) is 0 Å². The van der Waals surface area contributed by atoms with Crippen LogP contribution in [-0.4, -0.2) is 24.6 Å². The molecule has 0 fully saturated rings. The van der Waals surface area contributed by atoms with Crippen LogP contribution in [0.25, 0.3) is 0 Å². The van der Waals surface area contributed by atoms with Crippen LogP contribution in [0.3, 0.4) is 0 Å². The molecule has 0 unspecified atom stereocenters. The monoisotopic (exact) mass is 379 g/mol. The first-order valence-electron chi connectivity index (χ1n) is 7.84. The number of carbonyl (C=O) groups is 2. The summed E-state index contributed by atoms with van der Waals surface area (Å²) in [6, 6.07) is 11.0. The Bertz CT molecular complexity index is 834. The largest absolute Gasteiger partial charge is 0.494 e. The summed E-state index contributed by atoms with van der Waals surface area (Å²) in [6.45, 7) is 2.32. The van der Waals surface area contributed by atoms with Crippen molar-refractivity contribution in [3.63, 3.8) is 0 Å². The summed E-state index contributed by atoms with van der Waals surface area (Å²) < 4.78 is 43.8. The molecule has 27 heavy (non-hydrogen) atoms. The van der Waals surface area contributed by atoms with E-state index < -0.39 is 23.6 Å². The van der Waals surface area contributed by atoms with Crippen LogP contribution in [0.5, 0.6) is 5.75 Å². The number of ether oxygens (including phenoxy) is 1. The number of carbonyl (C=O) groups excluding carboxylic acids is 2. The predicted octanol–water partition coefficient (Wildman–Crippen LogP) is 3.19. The van der Waals surface area contributed by atoms with E-state index in [2.05, 4.69) is 10.4 Å². The molecule has 0 radical (unpaired) electrons. The molecule has 0 heterocycles. The fourth-order valence-electron chi connectivity index (χ4n) is 2.07. The van der Waals surface area contributed by atoms with Gasteiger partial charge in [0.05, 0.1) is 18.4 Å². The average molecular weight is 379 g/mol. The molecule has 0 saturated carbocycles. The van der Waals surface area contributed by atoms with Crippen molar-refractivity contribution >= 4 is 23.7 Å². The zero-order chi connectivity index (χ0) is 19.9. The van der Waals surface area contributed by atoms with E-state index in [9.17, 15) is 22.8 Å². The van der Waals surface area contributed by atoms with Gasteiger partial charge >= 0.3 is 18.0 Å². The molecule has 0 aliphatic rings. The van der Waals surface area contributed by atoms with E-state index in [1.54, 1.807) is 24.3 Å². The number of hydrogen-bond donors (Lipinski definition) is 2. The van der Waals surface area contributed by atoms with Gasteiger partial charge in [-0.1, -0.05) is 18.2 Å². The van der Waals surface area contributed by atoms with E-state index in [-0.39, 0.29) is 5.56 Å². The van der Waals surface area contributed by atoms with Gasteiger partial charge in [0.25, 0.3) is 0 Å². The van der Waals surface area contributed by atoms with Gasteiger partial charge in [-0.05, 0) is 37.3 Å². The Hall–Kier alpha value is -3.36. The summed E-state index contributed by atoms with van der Waals surface area (Å²) in [5, 5.41) is 5.75. The summed E-state index contributed by atoms with van der Waals surface area (Å²) in [7, 11) is 0. The molecule has 0 saturated heterocycles. The Morgan fingerprint density at radius 1 is 1.07 bits per heavy atom. The second-order valence-electron chi connectivity index (χ2n) is 5.20. The molecular weight excluding hydrogens is 363 g/mol. The highest BCUT2D eigenvalue weighted by molar-refractivity contribution is 6.39. The Balaban J connectivity index is 1.95. The fourth-order valence-corrected chi connectivity index (χ4v) is 2.07. The van der Waals surface area contributed by atoms with E-state index >= 15 is 0 Å². The van der Waals surface area contributed by atoms with Gasteiger partial charge in [-0.25, -0.2) is 5.43 Å². The van der Waals surface area contributed by atoms with Gasteiger partial charge in [-0.15, -0.1) is 0 Å². The number of nitrogens with zero attached hydrogens (tertiary/aromatic N) is 1. The molecule has 0 aliphatic heterocycles. The fraction of sp³-hybridized carbons (Fsp3) is 0.167. The van der Waals surface area contributed by atoms with Crippen LogP contribution >= 0.6 is 0 Å². The van der Waals surface area contributed by atoms with Crippen LogP contribution in [0.4, 0.5) is 18.9 Å². The number of alkyl halides is 3. The van der Waals surface area contributed by atoms with Crippen molar-refractivity contribution in [3.8, 4) is 5.75 Å². The van der Waals surface area contributed by atoms with Crippen molar-refractivity contribution in [1.82, 2.24) is 5.43 Å². The number of hydrazone groups is 1. The van der Waals surface area contributed by atoms with Gasteiger partial charge in [0.15, 0.2) is 0 Å². The average Bonchev–Trinajstić information content (AvgIpc) is 2.63. The number of halogens is 3. The maximum absolute atomic E-state index is 12.9. The van der Waals surface area contributed by atoms with Crippen molar-refractivity contribution < 1.29 is 27.5 Å². The Kier molecular flexibility index (Phi) is 6.53. The van der Waals surface area contributed by atoms with Crippen LogP contribution in [0.2, 0.25) is 0 Å². The minimum absolute atomic E-state index is 0.239. The standard InChI is InChI=1S/C18H16F3N3O3/c1-2-27-14-9-7-13(8-10-14)23-16(25)17(26)24-22-11-12-5-3-4-6-15(12)18(19,20)21/h3-11H,2H2,1H3,(H,23,25)(H,24,26). The number of amides is 2. The van der Waals surface area contributed by atoms with E-state index in [0.717, 1.165) is 12.3 Å². The molecule has 0 bridgehead atoms. The second kappa shape index (κ2) is 8.84. The molecule has 2 aromatic carbocycles. The highest BCUT2D eigenvalue weighted by Gasteiger charge is 2.32. The minimum Gasteiger partial charge on any atom is -0.494 e. The molecule has 0 aromatic heterocycles. The molecule has 0 aliphatic carbocycles. The van der Waals surface area contributed by atoms with Crippen LogP contribution < -0.4 is 15.5 Å². The molecule has 2 rings (SSSR count). The number of hydrogen-bond acceptors (Lipinski definition) is 4. The number of anilines is 1. The van der Waals surface area contributed by atoms with E-state index in [0.29, 0.717) is 18.0 Å². The van der Waals surface area contributed by atoms with Crippen molar-refractivity contribution in [3.05, 3.63) is 59.7 Å². The number of nitrogens with one attached hydrogen (secondary N) is 2. The normalized spacial score (nSPS) is 11.3. The summed E-state index contributed by atoms with van der Waals surface area (Å²) in [5.74, 6) is -1.53. The van der Waals surface area contributed by atoms with Crippen molar-refractivity contribution in [2.75, 3.05) is 11.9 Å². The molecule has 9 heteroatoms. The van der Waals surface area contributed by atoms with Crippen LogP contribution in [-0.2, 0) is 15.8 Å². The SMILES string of the molecule is CCOc1ccc(NC(=O)C(=O)NN=Cc2ccccc2C(F)(F)F)cc1. The predicted molar refractivity (Wildman–Crippen MR) is 93.4 cm³/mol. The lowest BCUT2D eigenvalue weighted by Crippen LogP contribution is -2.32. The Morgan fingerprint density at radius 3 is 2.37 bits per heavy atom. The molecule has 142 valence electrons. The molecular formula is C18H16F3N3O3. The van der Waals surface area contributed by atoms with Crippen molar-refractivity contribution in [2.24, 2.45) is 5.10 Å². The first kappa shape index (κ1) is 20.0. The lowest BCUT2D eigenvalue weighted by Gasteiger charge is -2.09. The summed E-state index contributed by atoms with van der Waals surface area (Å²) >= 11 is 0. The highest BCUT2D eigenvalue weighted by Crippen LogP contribution is 2.31. The Labute approximate surface area is 153 Å². The van der Waals surface area contributed by atoms with Crippen LogP contribution in [0.15, 0.2) is 53.6 Å². The molecule has 2 aromatic rings. The molecule has 2 N–H and O–H groups in total. The first-order valence-corrected chi connectivity index (χ1v) is 7.84. The van der Waals surface area contributed by atoms with Crippen LogP contribution in [0.1, 0.15) is 18.1 Å². The van der Waals surface area contributed by atoms with E-state index in [1.165, 1.54) is 18.2 Å². The van der Waals surface area contributed by atoms with Crippen molar-refractivity contribution in [1.29, 1.82) is 0 Å². The first-order chi connectivity index (χ1) is 12.8. The van der Waals surface area contributed by atoms with E-state index in [4.69, 9.17) is 4.74 Å². The Morgan fingerprint density at radius 2 is 1.74 bits per heavy atom. The smallest absolute Gasteiger partial charge is 0.417 e.